The highest BCUT2D eigenvalue weighted by atomic mass is 19.1. The maximum atomic E-state index is 14.1. The average molecular weight is 349 g/mol. The molecule has 25 heavy (non-hydrogen) atoms. The molecule has 0 N–H and O–H groups in total. The Kier molecular flexibility index (Phi) is 9.99. The highest BCUT2D eigenvalue weighted by molar-refractivity contribution is 5.20. The number of halogens is 1. The summed E-state index contributed by atoms with van der Waals surface area (Å²) in [6, 6.07) is 9.56. The molecule has 1 saturated carbocycles. The van der Waals surface area contributed by atoms with Crippen LogP contribution in [0.5, 0.6) is 5.75 Å². The summed E-state index contributed by atoms with van der Waals surface area (Å²) in [7, 11) is 0. The van der Waals surface area contributed by atoms with Gasteiger partial charge in [-0.1, -0.05) is 89.3 Å². The summed E-state index contributed by atoms with van der Waals surface area (Å²) >= 11 is 0. The van der Waals surface area contributed by atoms with E-state index in [9.17, 15) is 4.39 Å². The summed E-state index contributed by atoms with van der Waals surface area (Å²) in [6.07, 6.45) is 14.6. The van der Waals surface area contributed by atoms with Gasteiger partial charge in [0.05, 0.1) is 0 Å². The molecule has 0 heterocycles. The van der Waals surface area contributed by atoms with E-state index in [0.29, 0.717) is 6.42 Å². The molecule has 1 aromatic carbocycles. The molecule has 1 fully saturated rings. The summed E-state index contributed by atoms with van der Waals surface area (Å²) < 4.78 is 19.6. The maximum Gasteiger partial charge on any atom is 0.134 e. The molecule has 2 rings (SSSR count). The van der Waals surface area contributed by atoms with Crippen LogP contribution in [0.4, 0.5) is 4.39 Å². The van der Waals surface area contributed by atoms with Crippen LogP contribution < -0.4 is 4.74 Å². The molecule has 142 valence electrons. The molecule has 1 unspecified atom stereocenters. The largest absolute Gasteiger partial charge is 0.491 e. The van der Waals surface area contributed by atoms with Crippen molar-refractivity contribution in [2.75, 3.05) is 6.61 Å². The number of hydrogen-bond donors (Lipinski definition) is 0. The van der Waals surface area contributed by atoms with Gasteiger partial charge in [0.15, 0.2) is 0 Å². The van der Waals surface area contributed by atoms with Crippen molar-refractivity contribution in [1.29, 1.82) is 0 Å². The van der Waals surface area contributed by atoms with Crippen molar-refractivity contribution in [3.8, 4) is 5.75 Å². The minimum atomic E-state index is -0.837. The average Bonchev–Trinajstić information content (AvgIpc) is 2.66. The maximum absolute atomic E-state index is 14.1. The van der Waals surface area contributed by atoms with E-state index in [1.807, 2.05) is 30.3 Å². The van der Waals surface area contributed by atoms with Gasteiger partial charge in [-0.15, -0.1) is 0 Å². The molecule has 0 saturated heterocycles. The van der Waals surface area contributed by atoms with Crippen molar-refractivity contribution in [2.45, 2.75) is 90.1 Å². The minimum absolute atomic E-state index is 0.192. The zero-order chi connectivity index (χ0) is 17.7. The van der Waals surface area contributed by atoms with E-state index in [0.717, 1.165) is 24.0 Å². The molecule has 1 atom stereocenters. The molecular weight excluding hydrogens is 311 g/mol. The van der Waals surface area contributed by atoms with Crippen LogP contribution in [-0.4, -0.2) is 12.8 Å². The van der Waals surface area contributed by atoms with E-state index in [1.165, 1.54) is 64.2 Å². The van der Waals surface area contributed by atoms with Gasteiger partial charge in [-0.25, -0.2) is 4.39 Å². The lowest BCUT2D eigenvalue weighted by molar-refractivity contribution is 0.166. The second-order valence-electron chi connectivity index (χ2n) is 7.89. The zero-order valence-electron chi connectivity index (χ0n) is 16.1. The first-order chi connectivity index (χ1) is 12.3. The summed E-state index contributed by atoms with van der Waals surface area (Å²) in [5, 5.41) is 0. The first kappa shape index (κ1) is 20.3. The van der Waals surface area contributed by atoms with Crippen LogP contribution in [-0.2, 0) is 0 Å². The fourth-order valence-electron chi connectivity index (χ4n) is 4.05. The van der Waals surface area contributed by atoms with Gasteiger partial charge >= 0.3 is 0 Å². The number of unbranched alkanes of at least 4 members (excludes halogenated alkanes) is 4. The van der Waals surface area contributed by atoms with Gasteiger partial charge in [0.25, 0.3) is 0 Å². The van der Waals surface area contributed by atoms with Gasteiger partial charge < -0.3 is 4.74 Å². The van der Waals surface area contributed by atoms with Gasteiger partial charge in [-0.2, -0.15) is 0 Å². The van der Waals surface area contributed by atoms with Crippen LogP contribution in [0.3, 0.4) is 0 Å². The quantitative estimate of drug-likeness (QED) is 0.359. The van der Waals surface area contributed by atoms with E-state index < -0.39 is 6.17 Å². The molecule has 1 aliphatic carbocycles. The van der Waals surface area contributed by atoms with Gasteiger partial charge in [0.1, 0.15) is 18.5 Å². The Morgan fingerprint density at radius 2 is 1.56 bits per heavy atom. The molecule has 1 aromatic rings. The first-order valence-electron chi connectivity index (χ1n) is 10.6. The Labute approximate surface area is 154 Å². The summed E-state index contributed by atoms with van der Waals surface area (Å²) in [6.45, 7) is 2.47. The zero-order valence-corrected chi connectivity index (χ0v) is 16.1. The van der Waals surface area contributed by atoms with Crippen molar-refractivity contribution >= 4 is 0 Å². The minimum Gasteiger partial charge on any atom is -0.491 e. The molecular formula is C23H37FO. The molecule has 0 bridgehead atoms. The lowest BCUT2D eigenvalue weighted by atomic mass is 9.78. The standard InChI is InChI=1S/C23H37FO/c1-2-3-4-5-7-10-20-13-15-21(16-14-20)17-18-22(24)19-25-23-11-8-6-9-12-23/h6,8-9,11-12,20-22H,2-5,7,10,13-19H2,1H3. The fraction of sp³-hybridized carbons (Fsp3) is 0.739. The summed E-state index contributed by atoms with van der Waals surface area (Å²) in [4.78, 5) is 0. The van der Waals surface area contributed by atoms with Gasteiger partial charge in [-0.05, 0) is 36.8 Å². The summed E-state index contributed by atoms with van der Waals surface area (Å²) in [5.74, 6) is 2.45. The third-order valence-corrected chi connectivity index (χ3v) is 5.74. The van der Waals surface area contributed by atoms with E-state index in [-0.39, 0.29) is 6.61 Å². The summed E-state index contributed by atoms with van der Waals surface area (Å²) in [5.41, 5.74) is 0. The van der Waals surface area contributed by atoms with E-state index in [1.54, 1.807) is 0 Å². The van der Waals surface area contributed by atoms with E-state index >= 15 is 0 Å². The van der Waals surface area contributed by atoms with E-state index in [4.69, 9.17) is 4.74 Å². The number of ether oxygens (including phenoxy) is 1. The van der Waals surface area contributed by atoms with Crippen LogP contribution in [0.25, 0.3) is 0 Å². The van der Waals surface area contributed by atoms with Gasteiger partial charge in [0.2, 0.25) is 0 Å². The van der Waals surface area contributed by atoms with Crippen molar-refractivity contribution < 1.29 is 9.13 Å². The van der Waals surface area contributed by atoms with Gasteiger partial charge in [0, 0.05) is 0 Å². The van der Waals surface area contributed by atoms with Crippen LogP contribution in [0.2, 0.25) is 0 Å². The van der Waals surface area contributed by atoms with Crippen LogP contribution in [0.15, 0.2) is 30.3 Å². The molecule has 0 amide bonds. The number of hydrogen-bond acceptors (Lipinski definition) is 1. The Hall–Kier alpha value is -1.05. The second-order valence-corrected chi connectivity index (χ2v) is 7.89. The molecule has 1 nitrogen and oxygen atoms in total. The molecule has 0 aromatic heterocycles. The highest BCUT2D eigenvalue weighted by Crippen LogP contribution is 2.34. The third-order valence-electron chi connectivity index (χ3n) is 5.74. The monoisotopic (exact) mass is 348 g/mol. The molecule has 0 spiro atoms. The number of benzene rings is 1. The SMILES string of the molecule is CCCCCCCC1CCC(CCC(F)COc2ccccc2)CC1. The Balaban J connectivity index is 1.50. The lowest BCUT2D eigenvalue weighted by Crippen LogP contribution is -2.18. The van der Waals surface area contributed by atoms with Crippen molar-refractivity contribution in [3.63, 3.8) is 0 Å². The predicted molar refractivity (Wildman–Crippen MR) is 105 cm³/mol. The van der Waals surface area contributed by atoms with Gasteiger partial charge in [-0.3, -0.25) is 0 Å². The Morgan fingerprint density at radius 3 is 2.24 bits per heavy atom. The predicted octanol–water partition coefficient (Wildman–Crippen LogP) is 7.35. The fourth-order valence-corrected chi connectivity index (χ4v) is 4.05. The molecule has 0 radical (unpaired) electrons. The highest BCUT2D eigenvalue weighted by Gasteiger charge is 2.21. The third kappa shape index (κ3) is 8.74. The Bertz CT molecular complexity index is 425. The van der Waals surface area contributed by atoms with Crippen molar-refractivity contribution in [3.05, 3.63) is 30.3 Å². The van der Waals surface area contributed by atoms with Crippen LogP contribution >= 0.6 is 0 Å². The van der Waals surface area contributed by atoms with Crippen molar-refractivity contribution in [1.82, 2.24) is 0 Å². The second kappa shape index (κ2) is 12.3. The smallest absolute Gasteiger partial charge is 0.134 e. The molecule has 0 aliphatic heterocycles. The normalized spacial score (nSPS) is 21.8. The number of para-hydroxylation sites is 1. The number of rotatable bonds is 12. The molecule has 2 heteroatoms. The first-order valence-corrected chi connectivity index (χ1v) is 10.6. The van der Waals surface area contributed by atoms with Crippen LogP contribution in [0, 0.1) is 11.8 Å². The van der Waals surface area contributed by atoms with Crippen molar-refractivity contribution in [2.24, 2.45) is 11.8 Å². The Morgan fingerprint density at radius 1 is 0.920 bits per heavy atom. The van der Waals surface area contributed by atoms with E-state index in [2.05, 4.69) is 6.92 Å². The number of alkyl halides is 1. The molecule has 1 aliphatic rings. The van der Waals surface area contributed by atoms with Crippen LogP contribution in [0.1, 0.15) is 84.0 Å². The topological polar surface area (TPSA) is 9.23 Å². The lowest BCUT2D eigenvalue weighted by Gasteiger charge is -2.29.